The fourth-order valence-electron chi connectivity index (χ4n) is 3.86. The summed E-state index contributed by atoms with van der Waals surface area (Å²) in [4.78, 5) is 25.8. The minimum absolute atomic E-state index is 0.156. The van der Waals surface area contributed by atoms with Crippen LogP contribution in [0, 0.1) is 13.8 Å². The maximum atomic E-state index is 13.4. The molecule has 33 heavy (non-hydrogen) atoms. The summed E-state index contributed by atoms with van der Waals surface area (Å²) in [5.41, 5.74) is 2.10. The van der Waals surface area contributed by atoms with Crippen molar-refractivity contribution >= 4 is 27.6 Å². The third-order valence-electron chi connectivity index (χ3n) is 5.80. The Morgan fingerprint density at radius 2 is 1.70 bits per heavy atom. The zero-order valence-electron chi connectivity index (χ0n) is 19.1. The Kier molecular flexibility index (Phi) is 6.07. The van der Waals surface area contributed by atoms with E-state index >= 15 is 0 Å². The lowest BCUT2D eigenvalue weighted by Gasteiger charge is -2.35. The molecule has 1 aliphatic rings. The summed E-state index contributed by atoms with van der Waals surface area (Å²) in [6.07, 6.45) is 2.97. The number of nitrogens with zero attached hydrogens (tertiary/aromatic N) is 7. The Balaban J connectivity index is 1.54. The highest BCUT2D eigenvalue weighted by Crippen LogP contribution is 2.27. The Labute approximate surface area is 193 Å². The van der Waals surface area contributed by atoms with Gasteiger partial charge in [-0.2, -0.15) is 5.10 Å². The van der Waals surface area contributed by atoms with Crippen LogP contribution in [0.2, 0.25) is 0 Å². The molecule has 1 aliphatic heterocycles. The average Bonchev–Trinajstić information content (AvgIpc) is 3.19. The van der Waals surface area contributed by atoms with Crippen molar-refractivity contribution in [2.75, 3.05) is 42.4 Å². The third kappa shape index (κ3) is 4.40. The van der Waals surface area contributed by atoms with Crippen LogP contribution < -0.4 is 9.21 Å². The maximum absolute atomic E-state index is 13.4. The maximum Gasteiger partial charge on any atom is 0.265 e. The first-order valence-electron chi connectivity index (χ1n) is 10.6. The molecule has 4 rings (SSSR count). The molecule has 1 aromatic carbocycles. The molecule has 11 heteroatoms. The topological polar surface area (TPSA) is 105 Å². The molecule has 0 atom stereocenters. The van der Waals surface area contributed by atoms with E-state index in [9.17, 15) is 13.2 Å². The number of aryl methyl sites for hydroxylation is 3. The number of hydrogen-bond acceptors (Lipinski definition) is 7. The van der Waals surface area contributed by atoms with Gasteiger partial charge in [0.2, 0.25) is 0 Å². The molecule has 0 unspecified atom stereocenters. The number of carbonyl (C=O) groups is 1. The highest BCUT2D eigenvalue weighted by atomic mass is 32.2. The van der Waals surface area contributed by atoms with Crippen LogP contribution in [0.25, 0.3) is 0 Å². The predicted octanol–water partition coefficient (Wildman–Crippen LogP) is 1.61. The first kappa shape index (κ1) is 22.7. The van der Waals surface area contributed by atoms with Gasteiger partial charge in [0.05, 0.1) is 11.1 Å². The van der Waals surface area contributed by atoms with Crippen LogP contribution in [-0.2, 0) is 17.1 Å². The SMILES string of the molecule is Cc1ccc(S(=O)(=O)N(C)c2c(C(=O)N3CCN(c4cc(C)ncn4)CC3)cnn2C)cc1. The summed E-state index contributed by atoms with van der Waals surface area (Å²) in [5, 5.41) is 4.18. The smallest absolute Gasteiger partial charge is 0.265 e. The Bertz CT molecular complexity index is 1260. The minimum atomic E-state index is -3.86. The van der Waals surface area contributed by atoms with E-state index in [1.54, 1.807) is 36.2 Å². The Hall–Kier alpha value is -3.47. The second kappa shape index (κ2) is 8.81. The van der Waals surface area contributed by atoms with E-state index < -0.39 is 10.0 Å². The van der Waals surface area contributed by atoms with Gasteiger partial charge in [0.1, 0.15) is 17.7 Å². The molecule has 1 amide bonds. The molecule has 3 heterocycles. The second-order valence-corrected chi connectivity index (χ2v) is 10.1. The van der Waals surface area contributed by atoms with Crippen LogP contribution >= 0.6 is 0 Å². The number of anilines is 2. The van der Waals surface area contributed by atoms with Crippen LogP contribution in [0.4, 0.5) is 11.6 Å². The number of aromatic nitrogens is 4. The molecule has 1 saturated heterocycles. The quantitative estimate of drug-likeness (QED) is 0.559. The number of carbonyl (C=O) groups excluding carboxylic acids is 1. The summed E-state index contributed by atoms with van der Waals surface area (Å²) in [6.45, 7) is 6.03. The fourth-order valence-corrected chi connectivity index (χ4v) is 5.10. The fraction of sp³-hybridized carbons (Fsp3) is 0.364. The van der Waals surface area contributed by atoms with Crippen molar-refractivity contribution in [3.05, 3.63) is 59.7 Å². The van der Waals surface area contributed by atoms with Gasteiger partial charge in [-0.05, 0) is 26.0 Å². The molecule has 2 aromatic heterocycles. The lowest BCUT2D eigenvalue weighted by Crippen LogP contribution is -2.49. The van der Waals surface area contributed by atoms with E-state index in [4.69, 9.17) is 0 Å². The number of rotatable bonds is 5. The first-order valence-corrected chi connectivity index (χ1v) is 12.0. The molecule has 0 spiro atoms. The van der Waals surface area contributed by atoms with Gasteiger partial charge in [-0.25, -0.2) is 18.4 Å². The van der Waals surface area contributed by atoms with E-state index in [1.165, 1.54) is 24.3 Å². The van der Waals surface area contributed by atoms with Gasteiger partial charge >= 0.3 is 0 Å². The van der Waals surface area contributed by atoms with E-state index in [1.807, 2.05) is 19.9 Å². The van der Waals surface area contributed by atoms with Gasteiger partial charge in [0.25, 0.3) is 15.9 Å². The standard InChI is InChI=1S/C22H27N7O3S/c1-16-5-7-18(8-6-16)33(31,32)27(4)21-19(14-25-26(21)3)22(30)29-11-9-28(10-12-29)20-13-17(2)23-15-24-20/h5-8,13-15H,9-12H2,1-4H3. The van der Waals surface area contributed by atoms with E-state index in [0.717, 1.165) is 21.4 Å². The Morgan fingerprint density at radius 1 is 1.03 bits per heavy atom. The molecule has 0 N–H and O–H groups in total. The molecule has 0 saturated carbocycles. The minimum Gasteiger partial charge on any atom is -0.353 e. The van der Waals surface area contributed by atoms with Gasteiger partial charge in [0.15, 0.2) is 5.82 Å². The summed E-state index contributed by atoms with van der Waals surface area (Å²) in [7, 11) is -0.787. The monoisotopic (exact) mass is 469 g/mol. The average molecular weight is 470 g/mol. The molecule has 0 bridgehead atoms. The van der Waals surface area contributed by atoms with E-state index in [-0.39, 0.29) is 22.2 Å². The summed E-state index contributed by atoms with van der Waals surface area (Å²) < 4.78 is 29.0. The largest absolute Gasteiger partial charge is 0.353 e. The summed E-state index contributed by atoms with van der Waals surface area (Å²) in [5.74, 6) is 0.817. The summed E-state index contributed by atoms with van der Waals surface area (Å²) >= 11 is 0. The predicted molar refractivity (Wildman–Crippen MR) is 125 cm³/mol. The zero-order chi connectivity index (χ0) is 23.8. The normalized spacial score (nSPS) is 14.4. The molecule has 3 aromatic rings. The van der Waals surface area contributed by atoms with Crippen LogP contribution in [0.3, 0.4) is 0 Å². The van der Waals surface area contributed by atoms with Crippen LogP contribution in [0.15, 0.2) is 47.8 Å². The number of hydrogen-bond donors (Lipinski definition) is 0. The molecular formula is C22H27N7O3S. The van der Waals surface area contributed by atoms with Crippen molar-refractivity contribution in [3.8, 4) is 0 Å². The first-order chi connectivity index (χ1) is 15.7. The van der Waals surface area contributed by atoms with Crippen LogP contribution in [-0.4, -0.2) is 72.2 Å². The number of sulfonamides is 1. The highest BCUT2D eigenvalue weighted by molar-refractivity contribution is 7.92. The second-order valence-electron chi connectivity index (χ2n) is 8.09. The lowest BCUT2D eigenvalue weighted by atomic mass is 10.2. The zero-order valence-corrected chi connectivity index (χ0v) is 19.9. The number of piperazine rings is 1. The van der Waals surface area contributed by atoms with Gasteiger partial charge in [-0.1, -0.05) is 17.7 Å². The summed E-state index contributed by atoms with van der Waals surface area (Å²) in [6, 6.07) is 8.53. The van der Waals surface area contributed by atoms with Crippen molar-refractivity contribution < 1.29 is 13.2 Å². The van der Waals surface area contributed by atoms with E-state index in [2.05, 4.69) is 20.0 Å². The molecule has 174 valence electrons. The van der Waals surface area contributed by atoms with Crippen molar-refractivity contribution in [2.45, 2.75) is 18.7 Å². The Morgan fingerprint density at radius 3 is 2.33 bits per heavy atom. The van der Waals surface area contributed by atoms with Crippen LogP contribution in [0.1, 0.15) is 21.6 Å². The lowest BCUT2D eigenvalue weighted by molar-refractivity contribution is 0.0747. The van der Waals surface area contributed by atoms with Gasteiger partial charge in [-0.15, -0.1) is 0 Å². The third-order valence-corrected chi connectivity index (χ3v) is 7.56. The number of amides is 1. The van der Waals surface area contributed by atoms with E-state index in [0.29, 0.717) is 26.2 Å². The molecule has 0 aliphatic carbocycles. The van der Waals surface area contributed by atoms with Gasteiger partial charge in [0, 0.05) is 52.0 Å². The molecule has 10 nitrogen and oxygen atoms in total. The van der Waals surface area contributed by atoms with Crippen LogP contribution in [0.5, 0.6) is 0 Å². The molecule has 0 radical (unpaired) electrons. The van der Waals surface area contributed by atoms with Crippen molar-refractivity contribution in [1.29, 1.82) is 0 Å². The molecular weight excluding hydrogens is 442 g/mol. The highest BCUT2D eigenvalue weighted by Gasteiger charge is 2.31. The van der Waals surface area contributed by atoms with Crippen molar-refractivity contribution in [1.82, 2.24) is 24.6 Å². The number of benzene rings is 1. The van der Waals surface area contributed by atoms with Gasteiger partial charge < -0.3 is 9.80 Å². The molecule has 1 fully saturated rings. The van der Waals surface area contributed by atoms with Crippen molar-refractivity contribution in [2.24, 2.45) is 7.05 Å². The van der Waals surface area contributed by atoms with Gasteiger partial charge in [-0.3, -0.25) is 13.8 Å². The van der Waals surface area contributed by atoms with Crippen molar-refractivity contribution in [3.63, 3.8) is 0 Å².